The molecule has 1 aliphatic rings. The van der Waals surface area contributed by atoms with E-state index >= 15 is 0 Å². The normalized spacial score (nSPS) is 21.7. The molecular formula is C17H23NO3. The average molecular weight is 289 g/mol. The standard InChI is InChI=1S/C17H23NO3/c19-16(14-10-4-5-11-15(14)17(20)21)18-12-6-9-13-7-2-1-3-8-13/h1-3,7-8,14-15H,4-6,9-12H2,(H,18,19)(H,20,21)/t14-,15-/m1/s1. The van der Waals surface area contributed by atoms with Crippen molar-refractivity contribution in [3.8, 4) is 0 Å². The second-order valence-corrected chi connectivity index (χ2v) is 5.72. The average Bonchev–Trinajstić information content (AvgIpc) is 2.52. The third-order valence-corrected chi connectivity index (χ3v) is 4.20. The zero-order valence-corrected chi connectivity index (χ0v) is 12.3. The quantitative estimate of drug-likeness (QED) is 0.791. The summed E-state index contributed by atoms with van der Waals surface area (Å²) in [6.45, 7) is 0.608. The highest BCUT2D eigenvalue weighted by molar-refractivity contribution is 5.84. The number of carbonyl (C=O) groups excluding carboxylic acids is 1. The fourth-order valence-corrected chi connectivity index (χ4v) is 3.02. The van der Waals surface area contributed by atoms with E-state index in [1.807, 2.05) is 18.2 Å². The van der Waals surface area contributed by atoms with Gasteiger partial charge in [-0.25, -0.2) is 0 Å². The summed E-state index contributed by atoms with van der Waals surface area (Å²) in [7, 11) is 0. The zero-order valence-electron chi connectivity index (χ0n) is 12.3. The molecule has 2 N–H and O–H groups in total. The van der Waals surface area contributed by atoms with Crippen LogP contribution in [0.15, 0.2) is 30.3 Å². The highest BCUT2D eigenvalue weighted by Crippen LogP contribution is 2.30. The van der Waals surface area contributed by atoms with Crippen LogP contribution in [0.3, 0.4) is 0 Å². The Morgan fingerprint density at radius 3 is 2.43 bits per heavy atom. The largest absolute Gasteiger partial charge is 0.481 e. The van der Waals surface area contributed by atoms with E-state index in [-0.39, 0.29) is 11.8 Å². The number of aliphatic carboxylic acids is 1. The molecule has 0 heterocycles. The number of carboxylic acids is 1. The Balaban J connectivity index is 1.74. The molecule has 1 aromatic rings. The smallest absolute Gasteiger partial charge is 0.307 e. The van der Waals surface area contributed by atoms with E-state index in [0.717, 1.165) is 25.7 Å². The summed E-state index contributed by atoms with van der Waals surface area (Å²) in [5.41, 5.74) is 1.26. The van der Waals surface area contributed by atoms with Crippen LogP contribution in [0.1, 0.15) is 37.7 Å². The number of aryl methyl sites for hydroxylation is 1. The number of hydrogen-bond donors (Lipinski definition) is 2. The summed E-state index contributed by atoms with van der Waals surface area (Å²) < 4.78 is 0. The molecule has 21 heavy (non-hydrogen) atoms. The number of nitrogens with one attached hydrogen (secondary N) is 1. The van der Waals surface area contributed by atoms with Crippen LogP contribution in [0.25, 0.3) is 0 Å². The van der Waals surface area contributed by atoms with Gasteiger partial charge in [0, 0.05) is 6.54 Å². The minimum atomic E-state index is -0.834. The summed E-state index contributed by atoms with van der Waals surface area (Å²) in [4.78, 5) is 23.4. The Kier molecular flexibility index (Phi) is 5.78. The maximum absolute atomic E-state index is 12.1. The van der Waals surface area contributed by atoms with E-state index < -0.39 is 11.9 Å². The molecule has 1 aliphatic carbocycles. The molecule has 2 atom stereocenters. The van der Waals surface area contributed by atoms with Crippen LogP contribution < -0.4 is 5.32 Å². The molecule has 0 bridgehead atoms. The summed E-state index contributed by atoms with van der Waals surface area (Å²) in [5, 5.41) is 12.1. The molecule has 1 fully saturated rings. The monoisotopic (exact) mass is 289 g/mol. The van der Waals surface area contributed by atoms with Crippen LogP contribution >= 0.6 is 0 Å². The molecule has 4 heteroatoms. The SMILES string of the molecule is O=C(O)[C@@H]1CCCC[C@H]1C(=O)NCCCc1ccccc1. The molecular weight excluding hydrogens is 266 g/mol. The Hall–Kier alpha value is -1.84. The van der Waals surface area contributed by atoms with Gasteiger partial charge in [0.25, 0.3) is 0 Å². The number of carboxylic acid groups (broad SMARTS) is 1. The van der Waals surface area contributed by atoms with Gasteiger partial charge in [-0.1, -0.05) is 43.2 Å². The fourth-order valence-electron chi connectivity index (χ4n) is 3.02. The van der Waals surface area contributed by atoms with Crippen molar-refractivity contribution in [2.75, 3.05) is 6.54 Å². The van der Waals surface area contributed by atoms with Gasteiger partial charge < -0.3 is 10.4 Å². The van der Waals surface area contributed by atoms with Crippen LogP contribution in [0, 0.1) is 11.8 Å². The first-order valence-corrected chi connectivity index (χ1v) is 7.73. The maximum atomic E-state index is 12.1. The van der Waals surface area contributed by atoms with E-state index in [2.05, 4.69) is 17.4 Å². The topological polar surface area (TPSA) is 66.4 Å². The lowest BCUT2D eigenvalue weighted by molar-refractivity contribution is -0.148. The first kappa shape index (κ1) is 15.5. The molecule has 114 valence electrons. The Bertz CT molecular complexity index is 472. The van der Waals surface area contributed by atoms with E-state index in [1.54, 1.807) is 0 Å². The lowest BCUT2D eigenvalue weighted by atomic mass is 9.78. The molecule has 1 saturated carbocycles. The van der Waals surface area contributed by atoms with Gasteiger partial charge in [-0.15, -0.1) is 0 Å². The van der Waals surface area contributed by atoms with Crippen molar-refractivity contribution in [3.63, 3.8) is 0 Å². The van der Waals surface area contributed by atoms with E-state index in [0.29, 0.717) is 19.4 Å². The second-order valence-electron chi connectivity index (χ2n) is 5.72. The molecule has 0 unspecified atom stereocenters. The predicted octanol–water partition coefficient (Wildman–Crippen LogP) is 2.63. The lowest BCUT2D eigenvalue weighted by Crippen LogP contribution is -2.40. The van der Waals surface area contributed by atoms with Gasteiger partial charge in [0.05, 0.1) is 11.8 Å². The van der Waals surface area contributed by atoms with Crippen LogP contribution in [0.5, 0.6) is 0 Å². The van der Waals surface area contributed by atoms with E-state index in [1.165, 1.54) is 5.56 Å². The molecule has 0 saturated heterocycles. The van der Waals surface area contributed by atoms with Crippen molar-refractivity contribution >= 4 is 11.9 Å². The molecule has 0 spiro atoms. The summed E-state index contributed by atoms with van der Waals surface area (Å²) in [6, 6.07) is 10.1. The van der Waals surface area contributed by atoms with Crippen LogP contribution in [0.4, 0.5) is 0 Å². The van der Waals surface area contributed by atoms with Gasteiger partial charge in [-0.3, -0.25) is 9.59 Å². The molecule has 2 rings (SSSR count). The van der Waals surface area contributed by atoms with Gasteiger partial charge in [0.1, 0.15) is 0 Å². The maximum Gasteiger partial charge on any atom is 0.307 e. The van der Waals surface area contributed by atoms with Crippen molar-refractivity contribution in [3.05, 3.63) is 35.9 Å². The number of hydrogen-bond acceptors (Lipinski definition) is 2. The first-order valence-electron chi connectivity index (χ1n) is 7.73. The van der Waals surface area contributed by atoms with Gasteiger partial charge in [0.2, 0.25) is 5.91 Å². The summed E-state index contributed by atoms with van der Waals surface area (Å²) >= 11 is 0. The summed E-state index contributed by atoms with van der Waals surface area (Å²) in [5.74, 6) is -1.78. The number of amides is 1. The van der Waals surface area contributed by atoms with Gasteiger partial charge >= 0.3 is 5.97 Å². The fraction of sp³-hybridized carbons (Fsp3) is 0.529. The van der Waals surface area contributed by atoms with Crippen molar-refractivity contribution in [1.29, 1.82) is 0 Å². The number of carbonyl (C=O) groups is 2. The Morgan fingerprint density at radius 1 is 1.10 bits per heavy atom. The van der Waals surface area contributed by atoms with Gasteiger partial charge in [-0.2, -0.15) is 0 Å². The van der Waals surface area contributed by atoms with Crippen molar-refractivity contribution in [2.24, 2.45) is 11.8 Å². The predicted molar refractivity (Wildman–Crippen MR) is 80.9 cm³/mol. The molecule has 0 aliphatic heterocycles. The van der Waals surface area contributed by atoms with Crippen molar-refractivity contribution in [1.82, 2.24) is 5.32 Å². The summed E-state index contributed by atoms with van der Waals surface area (Å²) in [6.07, 6.45) is 4.98. The van der Waals surface area contributed by atoms with Crippen LogP contribution in [0.2, 0.25) is 0 Å². The van der Waals surface area contributed by atoms with E-state index in [4.69, 9.17) is 0 Å². The second kappa shape index (κ2) is 7.81. The van der Waals surface area contributed by atoms with Crippen molar-refractivity contribution in [2.45, 2.75) is 38.5 Å². The molecule has 0 aromatic heterocycles. The highest BCUT2D eigenvalue weighted by atomic mass is 16.4. The molecule has 4 nitrogen and oxygen atoms in total. The molecule has 1 amide bonds. The number of benzene rings is 1. The first-order chi connectivity index (χ1) is 10.2. The Labute approximate surface area is 125 Å². The Morgan fingerprint density at radius 2 is 1.76 bits per heavy atom. The lowest BCUT2D eigenvalue weighted by Gasteiger charge is -2.27. The van der Waals surface area contributed by atoms with Gasteiger partial charge in [-0.05, 0) is 31.2 Å². The van der Waals surface area contributed by atoms with Gasteiger partial charge in [0.15, 0.2) is 0 Å². The zero-order chi connectivity index (χ0) is 15.1. The minimum absolute atomic E-state index is 0.0878. The van der Waals surface area contributed by atoms with Crippen molar-refractivity contribution < 1.29 is 14.7 Å². The van der Waals surface area contributed by atoms with Crippen LogP contribution in [-0.2, 0) is 16.0 Å². The minimum Gasteiger partial charge on any atom is -0.481 e. The molecule has 1 aromatic carbocycles. The van der Waals surface area contributed by atoms with Crippen LogP contribution in [-0.4, -0.2) is 23.5 Å². The van der Waals surface area contributed by atoms with E-state index in [9.17, 15) is 14.7 Å². The third-order valence-electron chi connectivity index (χ3n) is 4.20. The number of rotatable bonds is 6. The molecule has 0 radical (unpaired) electrons. The highest BCUT2D eigenvalue weighted by Gasteiger charge is 2.35. The third kappa shape index (κ3) is 4.59.